The van der Waals surface area contributed by atoms with E-state index in [4.69, 9.17) is 4.74 Å². The summed E-state index contributed by atoms with van der Waals surface area (Å²) in [7, 11) is 0. The van der Waals surface area contributed by atoms with Gasteiger partial charge in [0.15, 0.2) is 0 Å². The van der Waals surface area contributed by atoms with Crippen molar-refractivity contribution in [2.45, 2.75) is 78.4 Å². The molecule has 5 rings (SSSR count). The molecular weight excluding hydrogens is 521 g/mol. The first kappa shape index (κ1) is 26.9. The Bertz CT molecular complexity index is 1470. The van der Waals surface area contributed by atoms with Crippen LogP contribution < -0.4 is 16.2 Å². The van der Waals surface area contributed by atoms with E-state index in [9.17, 15) is 18.8 Å². The standard InChI is InChI=1S/C28H32FN5O4S/c1-16-5-6-20(29)17(9-16)11-30-21-13-31-24-8-7-22(34(24)26(21)36)25(35)32-12-19-10-18-14-33(15-23(18)39-19)27(37)38-28(2,3)4/h5-6,9-10,13,22,30H,7-8,11-12,14-15H2,1-4H3,(H,32,35)/t22-/m0/s1. The van der Waals surface area contributed by atoms with Crippen LogP contribution in [0.2, 0.25) is 0 Å². The summed E-state index contributed by atoms with van der Waals surface area (Å²) >= 11 is 1.56. The third kappa shape index (κ3) is 5.83. The Morgan fingerprint density at radius 1 is 1.21 bits per heavy atom. The fourth-order valence-corrected chi connectivity index (χ4v) is 6.01. The van der Waals surface area contributed by atoms with Gasteiger partial charge in [0.05, 0.1) is 25.8 Å². The number of hydrogen-bond acceptors (Lipinski definition) is 7. The zero-order chi connectivity index (χ0) is 27.9. The highest BCUT2D eigenvalue weighted by Crippen LogP contribution is 2.32. The number of aryl methyl sites for hydroxylation is 2. The molecule has 0 radical (unpaired) electrons. The van der Waals surface area contributed by atoms with E-state index in [-0.39, 0.29) is 35.6 Å². The van der Waals surface area contributed by atoms with Crippen molar-refractivity contribution in [2.75, 3.05) is 5.32 Å². The fraction of sp³-hybridized carbons (Fsp3) is 0.429. The summed E-state index contributed by atoms with van der Waals surface area (Å²) in [5.74, 6) is -0.0371. The SMILES string of the molecule is Cc1ccc(F)c(CNc2cnc3n(c2=O)[C@H](C(=O)NCc2cc4c(s2)CN(C(=O)OC(C)(C)C)C4)CC3)c1. The van der Waals surface area contributed by atoms with E-state index in [0.29, 0.717) is 43.9 Å². The summed E-state index contributed by atoms with van der Waals surface area (Å²) in [6.45, 7) is 8.84. The average Bonchev–Trinajstić information content (AvgIpc) is 3.56. The number of carbonyl (C=O) groups excluding carboxylic acids is 2. The molecule has 0 bridgehead atoms. The van der Waals surface area contributed by atoms with Crippen LogP contribution in [0.4, 0.5) is 14.9 Å². The summed E-state index contributed by atoms with van der Waals surface area (Å²) in [6, 6.07) is 6.17. The Labute approximate surface area is 230 Å². The van der Waals surface area contributed by atoms with E-state index in [1.165, 1.54) is 16.8 Å². The van der Waals surface area contributed by atoms with E-state index < -0.39 is 11.6 Å². The minimum Gasteiger partial charge on any atom is -0.444 e. The molecule has 2 aliphatic heterocycles. The first-order valence-electron chi connectivity index (χ1n) is 12.9. The molecule has 2 aliphatic rings. The molecule has 2 aromatic heterocycles. The molecule has 11 heteroatoms. The van der Waals surface area contributed by atoms with Gasteiger partial charge < -0.3 is 15.4 Å². The average molecular weight is 554 g/mol. The smallest absolute Gasteiger partial charge is 0.410 e. The van der Waals surface area contributed by atoms with Crippen molar-refractivity contribution in [3.63, 3.8) is 0 Å². The molecule has 3 aromatic rings. The molecule has 2 N–H and O–H groups in total. The molecular formula is C28H32FN5O4S. The predicted molar refractivity (Wildman–Crippen MR) is 146 cm³/mol. The van der Waals surface area contributed by atoms with Crippen molar-refractivity contribution in [3.8, 4) is 0 Å². The molecule has 9 nitrogen and oxygen atoms in total. The molecule has 1 aromatic carbocycles. The monoisotopic (exact) mass is 553 g/mol. The topological polar surface area (TPSA) is 106 Å². The molecule has 1 atom stereocenters. The van der Waals surface area contributed by atoms with Crippen molar-refractivity contribution < 1.29 is 18.7 Å². The van der Waals surface area contributed by atoms with Gasteiger partial charge in [0.25, 0.3) is 5.56 Å². The molecule has 0 saturated carbocycles. The molecule has 0 saturated heterocycles. The number of fused-ring (bicyclic) bond motifs is 2. The maximum absolute atomic E-state index is 14.1. The number of anilines is 1. The van der Waals surface area contributed by atoms with Crippen molar-refractivity contribution in [1.29, 1.82) is 0 Å². The first-order valence-corrected chi connectivity index (χ1v) is 13.8. The molecule has 0 fully saturated rings. The Morgan fingerprint density at radius 2 is 2.00 bits per heavy atom. The van der Waals surface area contributed by atoms with Gasteiger partial charge in [-0.2, -0.15) is 0 Å². The van der Waals surface area contributed by atoms with Crippen LogP contribution in [0, 0.1) is 12.7 Å². The summed E-state index contributed by atoms with van der Waals surface area (Å²) in [5, 5.41) is 5.95. The normalized spacial score (nSPS) is 16.1. The zero-order valence-electron chi connectivity index (χ0n) is 22.5. The van der Waals surface area contributed by atoms with Gasteiger partial charge in [-0.05, 0) is 51.8 Å². The Kier molecular flexibility index (Phi) is 7.19. The number of carbonyl (C=O) groups is 2. The number of rotatable bonds is 6. The van der Waals surface area contributed by atoms with Gasteiger partial charge in [0.1, 0.15) is 29.0 Å². The molecule has 206 valence electrons. The highest BCUT2D eigenvalue weighted by atomic mass is 32.1. The van der Waals surface area contributed by atoms with Gasteiger partial charge >= 0.3 is 6.09 Å². The lowest BCUT2D eigenvalue weighted by Gasteiger charge is -2.24. The third-order valence-electron chi connectivity index (χ3n) is 6.73. The van der Waals surface area contributed by atoms with Crippen molar-refractivity contribution >= 4 is 29.0 Å². The Hall–Kier alpha value is -3.73. The summed E-state index contributed by atoms with van der Waals surface area (Å²) < 4.78 is 21.0. The van der Waals surface area contributed by atoms with Crippen LogP contribution in [0.15, 0.2) is 35.3 Å². The van der Waals surface area contributed by atoms with Crippen molar-refractivity contribution in [3.05, 3.63) is 78.9 Å². The van der Waals surface area contributed by atoms with Crippen LogP contribution in [0.25, 0.3) is 0 Å². The van der Waals surface area contributed by atoms with Crippen LogP contribution in [0.3, 0.4) is 0 Å². The minimum absolute atomic E-state index is 0.134. The Morgan fingerprint density at radius 3 is 2.74 bits per heavy atom. The summed E-state index contributed by atoms with van der Waals surface area (Å²) in [4.78, 5) is 46.8. The van der Waals surface area contributed by atoms with E-state index in [0.717, 1.165) is 20.9 Å². The molecule has 4 heterocycles. The van der Waals surface area contributed by atoms with E-state index >= 15 is 0 Å². The molecule has 2 amide bonds. The van der Waals surface area contributed by atoms with Crippen LogP contribution in [0.1, 0.15) is 65.5 Å². The number of halogens is 1. The summed E-state index contributed by atoms with van der Waals surface area (Å²) in [5.41, 5.74) is 1.76. The van der Waals surface area contributed by atoms with Gasteiger partial charge in [0, 0.05) is 28.3 Å². The van der Waals surface area contributed by atoms with Gasteiger partial charge in [-0.25, -0.2) is 14.2 Å². The third-order valence-corrected chi connectivity index (χ3v) is 7.89. The number of benzene rings is 1. The number of hydrogen-bond donors (Lipinski definition) is 2. The number of aromatic nitrogens is 2. The largest absolute Gasteiger partial charge is 0.444 e. The van der Waals surface area contributed by atoms with Crippen LogP contribution in [-0.2, 0) is 42.1 Å². The number of amides is 2. The van der Waals surface area contributed by atoms with E-state index in [2.05, 4.69) is 15.6 Å². The molecule has 39 heavy (non-hydrogen) atoms. The number of ether oxygens (including phenoxy) is 1. The highest BCUT2D eigenvalue weighted by Gasteiger charge is 2.32. The van der Waals surface area contributed by atoms with E-state index in [1.54, 1.807) is 28.4 Å². The van der Waals surface area contributed by atoms with Crippen LogP contribution >= 0.6 is 11.3 Å². The molecule has 0 spiro atoms. The maximum Gasteiger partial charge on any atom is 0.410 e. The lowest BCUT2D eigenvalue weighted by Crippen LogP contribution is -2.36. The first-order chi connectivity index (χ1) is 18.5. The second-order valence-corrected chi connectivity index (χ2v) is 12.2. The second kappa shape index (κ2) is 10.4. The number of nitrogens with one attached hydrogen (secondary N) is 2. The van der Waals surface area contributed by atoms with Gasteiger partial charge in [-0.15, -0.1) is 11.3 Å². The second-order valence-electron chi connectivity index (χ2n) is 11.0. The van der Waals surface area contributed by atoms with Gasteiger partial charge in [0.2, 0.25) is 5.91 Å². The summed E-state index contributed by atoms with van der Waals surface area (Å²) in [6.07, 6.45) is 2.12. The van der Waals surface area contributed by atoms with Crippen molar-refractivity contribution in [2.24, 2.45) is 0 Å². The van der Waals surface area contributed by atoms with E-state index in [1.807, 2.05) is 33.8 Å². The van der Waals surface area contributed by atoms with Crippen molar-refractivity contribution in [1.82, 2.24) is 19.8 Å². The lowest BCUT2D eigenvalue weighted by molar-refractivity contribution is -0.124. The van der Waals surface area contributed by atoms with Crippen LogP contribution in [0.5, 0.6) is 0 Å². The predicted octanol–water partition coefficient (Wildman–Crippen LogP) is 4.42. The van der Waals surface area contributed by atoms with Gasteiger partial charge in [-0.3, -0.25) is 19.1 Å². The fourth-order valence-electron chi connectivity index (χ4n) is 4.87. The molecule has 0 unspecified atom stereocenters. The lowest BCUT2D eigenvalue weighted by atomic mass is 10.1. The Balaban J connectivity index is 1.21. The molecule has 0 aliphatic carbocycles. The number of thiophene rings is 1. The number of nitrogens with zero attached hydrogens (tertiary/aromatic N) is 3. The zero-order valence-corrected chi connectivity index (χ0v) is 23.3. The van der Waals surface area contributed by atoms with Crippen LogP contribution in [-0.4, -0.2) is 32.1 Å². The maximum atomic E-state index is 14.1. The van der Waals surface area contributed by atoms with Gasteiger partial charge in [-0.1, -0.05) is 17.7 Å². The minimum atomic E-state index is -0.660. The highest BCUT2D eigenvalue weighted by molar-refractivity contribution is 7.12. The quantitative estimate of drug-likeness (QED) is 0.468.